The molecule has 1 atom stereocenters. The van der Waals surface area contributed by atoms with Crippen LogP contribution in [-0.4, -0.2) is 32.6 Å². The number of aromatic nitrogens is 4. The van der Waals surface area contributed by atoms with Crippen molar-refractivity contribution in [3.8, 4) is 11.4 Å². The molecule has 12 heteroatoms. The van der Waals surface area contributed by atoms with Crippen LogP contribution in [0.5, 0.6) is 0 Å². The van der Waals surface area contributed by atoms with Gasteiger partial charge < -0.3 is 15.2 Å². The minimum absolute atomic E-state index is 0.112. The largest absolute Gasteiger partial charge is 0.471 e. The summed E-state index contributed by atoms with van der Waals surface area (Å²) in [5.74, 6) is -2.40. The Bertz CT molecular complexity index is 1250. The highest BCUT2D eigenvalue weighted by atomic mass is 19.4. The first kappa shape index (κ1) is 22.8. The van der Waals surface area contributed by atoms with Crippen molar-refractivity contribution in [3.63, 3.8) is 0 Å². The summed E-state index contributed by atoms with van der Waals surface area (Å²) in [7, 11) is 0. The molecule has 0 fully saturated rings. The van der Waals surface area contributed by atoms with Crippen molar-refractivity contribution in [1.82, 2.24) is 25.4 Å². The standard InChI is InChI=1S/C22H16F4N6O2/c23-16-8-6-13(7-9-16)17(12-27-19(33)14-4-2-1-3-5-14)30-21-28-10-15(11-29-21)18-31-20(34-32-18)22(24,25)26/h1-11,17H,12H2,(H,27,33)(H,28,29,30). The number of rotatable bonds is 7. The molecule has 0 saturated heterocycles. The molecule has 4 aromatic rings. The van der Waals surface area contributed by atoms with E-state index in [1.807, 2.05) is 0 Å². The Morgan fingerprint density at radius 3 is 2.29 bits per heavy atom. The lowest BCUT2D eigenvalue weighted by molar-refractivity contribution is -0.159. The van der Waals surface area contributed by atoms with E-state index in [0.717, 1.165) is 0 Å². The van der Waals surface area contributed by atoms with E-state index < -0.39 is 23.9 Å². The fourth-order valence-corrected chi connectivity index (χ4v) is 2.96. The molecular formula is C22H16F4N6O2. The van der Waals surface area contributed by atoms with E-state index in [1.54, 1.807) is 42.5 Å². The second kappa shape index (κ2) is 9.65. The van der Waals surface area contributed by atoms with Crippen LogP contribution in [-0.2, 0) is 6.18 Å². The lowest BCUT2D eigenvalue weighted by atomic mass is 10.1. The molecule has 8 nitrogen and oxygen atoms in total. The first-order chi connectivity index (χ1) is 16.3. The van der Waals surface area contributed by atoms with Crippen LogP contribution < -0.4 is 10.6 Å². The molecule has 2 aromatic carbocycles. The van der Waals surface area contributed by atoms with Crippen molar-refractivity contribution in [3.05, 3.63) is 89.8 Å². The number of alkyl halides is 3. The van der Waals surface area contributed by atoms with E-state index in [0.29, 0.717) is 11.1 Å². The minimum Gasteiger partial charge on any atom is -0.350 e. The number of hydrogen-bond acceptors (Lipinski definition) is 7. The molecule has 34 heavy (non-hydrogen) atoms. The predicted octanol–water partition coefficient (Wildman–Crippen LogP) is 4.27. The summed E-state index contributed by atoms with van der Waals surface area (Å²) in [6, 6.07) is 13.7. The molecule has 2 heterocycles. The predicted molar refractivity (Wildman–Crippen MR) is 112 cm³/mol. The molecule has 1 amide bonds. The molecule has 2 N–H and O–H groups in total. The van der Waals surface area contributed by atoms with Crippen LogP contribution in [0.3, 0.4) is 0 Å². The van der Waals surface area contributed by atoms with Gasteiger partial charge in [0.05, 0.1) is 11.6 Å². The van der Waals surface area contributed by atoms with Crippen molar-refractivity contribution in [2.45, 2.75) is 12.2 Å². The highest BCUT2D eigenvalue weighted by Crippen LogP contribution is 2.29. The third kappa shape index (κ3) is 5.52. The van der Waals surface area contributed by atoms with E-state index in [2.05, 4.69) is 35.3 Å². The summed E-state index contributed by atoms with van der Waals surface area (Å²) in [6.07, 6.45) is -2.31. The number of anilines is 1. The van der Waals surface area contributed by atoms with Gasteiger partial charge >= 0.3 is 12.1 Å². The number of carbonyl (C=O) groups excluding carboxylic acids is 1. The van der Waals surface area contributed by atoms with E-state index in [1.165, 1.54) is 24.5 Å². The van der Waals surface area contributed by atoms with Crippen LogP contribution in [0.25, 0.3) is 11.4 Å². The summed E-state index contributed by atoms with van der Waals surface area (Å²) in [5, 5.41) is 9.11. The maximum atomic E-state index is 13.4. The van der Waals surface area contributed by atoms with Crippen molar-refractivity contribution in [2.24, 2.45) is 0 Å². The molecule has 0 aliphatic carbocycles. The molecule has 174 valence electrons. The molecule has 1 unspecified atom stereocenters. The summed E-state index contributed by atoms with van der Waals surface area (Å²) in [4.78, 5) is 23.9. The third-order valence-corrected chi connectivity index (χ3v) is 4.66. The van der Waals surface area contributed by atoms with Crippen molar-refractivity contribution in [2.75, 3.05) is 11.9 Å². The lowest BCUT2D eigenvalue weighted by Crippen LogP contribution is -2.31. The van der Waals surface area contributed by atoms with Gasteiger partial charge in [-0.1, -0.05) is 35.5 Å². The summed E-state index contributed by atoms with van der Waals surface area (Å²) in [5.41, 5.74) is 1.23. The van der Waals surface area contributed by atoms with Crippen LogP contribution in [0.1, 0.15) is 27.9 Å². The van der Waals surface area contributed by atoms with Gasteiger partial charge in [-0.05, 0) is 29.8 Å². The van der Waals surface area contributed by atoms with E-state index >= 15 is 0 Å². The Kier molecular flexibility index (Phi) is 6.48. The number of nitrogens with one attached hydrogen (secondary N) is 2. The summed E-state index contributed by atoms with van der Waals surface area (Å²) < 4.78 is 55.6. The average molecular weight is 472 g/mol. The lowest BCUT2D eigenvalue weighted by Gasteiger charge is -2.20. The van der Waals surface area contributed by atoms with E-state index in [-0.39, 0.29) is 29.8 Å². The Balaban J connectivity index is 1.50. The van der Waals surface area contributed by atoms with Gasteiger partial charge in [-0.15, -0.1) is 0 Å². The van der Waals surface area contributed by atoms with E-state index in [9.17, 15) is 22.4 Å². The molecule has 0 saturated carbocycles. The number of amides is 1. The van der Waals surface area contributed by atoms with Gasteiger partial charge in [0.2, 0.25) is 11.8 Å². The number of carbonyl (C=O) groups is 1. The Morgan fingerprint density at radius 2 is 1.68 bits per heavy atom. The zero-order valence-corrected chi connectivity index (χ0v) is 17.3. The molecule has 0 bridgehead atoms. The topological polar surface area (TPSA) is 106 Å². The quantitative estimate of drug-likeness (QED) is 0.387. The Labute approximate surface area is 190 Å². The Morgan fingerprint density at radius 1 is 1.00 bits per heavy atom. The zero-order valence-electron chi connectivity index (χ0n) is 17.3. The normalized spacial score (nSPS) is 12.2. The fourth-order valence-electron chi connectivity index (χ4n) is 2.96. The molecule has 2 aromatic heterocycles. The van der Waals surface area contributed by atoms with Crippen LogP contribution in [0, 0.1) is 5.82 Å². The maximum absolute atomic E-state index is 13.4. The minimum atomic E-state index is -4.76. The second-order valence-corrected chi connectivity index (χ2v) is 7.04. The molecule has 0 radical (unpaired) electrons. The maximum Gasteiger partial charge on any atom is 0.471 e. The first-order valence-electron chi connectivity index (χ1n) is 9.88. The second-order valence-electron chi connectivity index (χ2n) is 7.04. The Hall–Kier alpha value is -4.35. The van der Waals surface area contributed by atoms with E-state index in [4.69, 9.17) is 0 Å². The molecule has 4 rings (SSSR count). The summed E-state index contributed by atoms with van der Waals surface area (Å²) >= 11 is 0. The molecule has 0 aliphatic rings. The highest BCUT2D eigenvalue weighted by Gasteiger charge is 2.38. The molecular weight excluding hydrogens is 456 g/mol. The summed E-state index contributed by atoms with van der Waals surface area (Å²) in [6.45, 7) is 0.115. The van der Waals surface area contributed by atoms with Gasteiger partial charge in [-0.2, -0.15) is 18.2 Å². The van der Waals surface area contributed by atoms with Gasteiger partial charge in [0, 0.05) is 24.5 Å². The van der Waals surface area contributed by atoms with Gasteiger partial charge in [0.1, 0.15) is 5.82 Å². The number of benzene rings is 2. The van der Waals surface area contributed by atoms with Crippen LogP contribution in [0.2, 0.25) is 0 Å². The van der Waals surface area contributed by atoms with Crippen LogP contribution in [0.4, 0.5) is 23.5 Å². The van der Waals surface area contributed by atoms with Crippen LogP contribution >= 0.6 is 0 Å². The highest BCUT2D eigenvalue weighted by molar-refractivity contribution is 5.94. The van der Waals surface area contributed by atoms with Crippen LogP contribution in [0.15, 0.2) is 71.5 Å². The van der Waals surface area contributed by atoms with Gasteiger partial charge in [0.25, 0.3) is 5.91 Å². The fraction of sp³-hybridized carbons (Fsp3) is 0.136. The van der Waals surface area contributed by atoms with Gasteiger partial charge in [0.15, 0.2) is 0 Å². The number of nitrogens with zero attached hydrogens (tertiary/aromatic N) is 4. The molecule has 0 aliphatic heterocycles. The van der Waals surface area contributed by atoms with Gasteiger partial charge in [-0.3, -0.25) is 4.79 Å². The molecule has 0 spiro atoms. The number of halogens is 4. The average Bonchev–Trinajstić information content (AvgIpc) is 3.34. The first-order valence-corrected chi connectivity index (χ1v) is 9.88. The third-order valence-electron chi connectivity index (χ3n) is 4.66. The smallest absolute Gasteiger partial charge is 0.350 e. The van der Waals surface area contributed by atoms with Crippen molar-refractivity contribution in [1.29, 1.82) is 0 Å². The van der Waals surface area contributed by atoms with Gasteiger partial charge in [-0.25, -0.2) is 14.4 Å². The monoisotopic (exact) mass is 472 g/mol. The zero-order chi connectivity index (χ0) is 24.1. The van der Waals surface area contributed by atoms with Crippen molar-refractivity contribution >= 4 is 11.9 Å². The van der Waals surface area contributed by atoms with Crippen molar-refractivity contribution < 1.29 is 26.9 Å². The SMILES string of the molecule is O=C(NCC(Nc1ncc(-c2noc(C(F)(F)F)n2)cn1)c1ccc(F)cc1)c1ccccc1. The number of hydrogen-bond donors (Lipinski definition) is 2.